The van der Waals surface area contributed by atoms with E-state index in [1.165, 1.54) is 12.8 Å². The van der Waals surface area contributed by atoms with E-state index in [2.05, 4.69) is 15.8 Å². The number of carbonyl (C=O) groups excluding carboxylic acids is 2. The van der Waals surface area contributed by atoms with Crippen LogP contribution in [0.1, 0.15) is 57.1 Å². The summed E-state index contributed by atoms with van der Waals surface area (Å²) in [5, 5.41) is 11.0. The lowest BCUT2D eigenvalue weighted by molar-refractivity contribution is -0.134. The van der Waals surface area contributed by atoms with Crippen molar-refractivity contribution >= 4 is 22.8 Å². The van der Waals surface area contributed by atoms with Crippen molar-refractivity contribution in [1.29, 1.82) is 0 Å². The Morgan fingerprint density at radius 1 is 1.27 bits per heavy atom. The molecule has 0 spiro atoms. The average molecular weight is 355 g/mol. The van der Waals surface area contributed by atoms with Crippen molar-refractivity contribution in [3.63, 3.8) is 0 Å². The van der Waals surface area contributed by atoms with Crippen LogP contribution in [-0.2, 0) is 9.59 Å². The highest BCUT2D eigenvalue weighted by molar-refractivity contribution is 5.95. The second-order valence-electron chi connectivity index (χ2n) is 7.72. The lowest BCUT2D eigenvalue weighted by Gasteiger charge is -2.30. The predicted octanol–water partition coefficient (Wildman–Crippen LogP) is 2.89. The van der Waals surface area contributed by atoms with Gasteiger partial charge in [-0.2, -0.15) is 0 Å². The molecule has 1 unspecified atom stereocenters. The first kappa shape index (κ1) is 17.1. The zero-order valence-corrected chi connectivity index (χ0v) is 15.1. The van der Waals surface area contributed by atoms with Gasteiger partial charge in [0.2, 0.25) is 11.8 Å². The molecule has 2 aromatic rings. The topological polar surface area (TPSA) is 84.2 Å². The normalized spacial score (nSPS) is 20.0. The van der Waals surface area contributed by atoms with Crippen molar-refractivity contribution < 1.29 is 14.1 Å². The van der Waals surface area contributed by atoms with Crippen LogP contribution in [0, 0.1) is 5.92 Å². The smallest absolute Gasteiger partial charge is 0.245 e. The van der Waals surface area contributed by atoms with E-state index in [0.29, 0.717) is 30.0 Å². The summed E-state index contributed by atoms with van der Waals surface area (Å²) < 4.78 is 5.33. The molecule has 1 aromatic heterocycles. The Balaban J connectivity index is 1.49. The molecule has 2 saturated carbocycles. The van der Waals surface area contributed by atoms with Crippen LogP contribution in [0.25, 0.3) is 11.0 Å². The zero-order valence-electron chi connectivity index (χ0n) is 15.1. The molecule has 6 heteroatoms. The van der Waals surface area contributed by atoms with Gasteiger partial charge in [0.05, 0.1) is 5.92 Å². The fraction of sp³-hybridized carbons (Fsp3) is 0.550. The minimum atomic E-state index is -0.778. The van der Waals surface area contributed by atoms with E-state index in [0.717, 1.165) is 24.8 Å². The molecule has 138 valence electrons. The van der Waals surface area contributed by atoms with E-state index >= 15 is 0 Å². The molecule has 2 aliphatic rings. The third-order valence-corrected chi connectivity index (χ3v) is 5.71. The summed E-state index contributed by atoms with van der Waals surface area (Å²) in [6.45, 7) is 2.53. The predicted molar refractivity (Wildman–Crippen MR) is 97.5 cm³/mol. The SMILES string of the molecule is CC(C(=O)NC1(C(=O)NCC2CC2)CCCC1)c1noc2ccccc12. The van der Waals surface area contributed by atoms with E-state index in [1.54, 1.807) is 0 Å². The van der Waals surface area contributed by atoms with E-state index in [-0.39, 0.29) is 11.8 Å². The summed E-state index contributed by atoms with van der Waals surface area (Å²) in [7, 11) is 0. The van der Waals surface area contributed by atoms with Crippen LogP contribution >= 0.6 is 0 Å². The van der Waals surface area contributed by atoms with Gasteiger partial charge in [-0.25, -0.2) is 0 Å². The number of rotatable bonds is 6. The summed E-state index contributed by atoms with van der Waals surface area (Å²) in [6.07, 6.45) is 5.69. The van der Waals surface area contributed by atoms with Gasteiger partial charge in [-0.15, -0.1) is 0 Å². The molecular weight excluding hydrogens is 330 g/mol. The minimum absolute atomic E-state index is 0.0348. The summed E-state index contributed by atoms with van der Waals surface area (Å²) in [6, 6.07) is 7.51. The first-order chi connectivity index (χ1) is 12.6. The maximum atomic E-state index is 12.9. The zero-order chi connectivity index (χ0) is 18.1. The molecule has 2 N–H and O–H groups in total. The number of hydrogen-bond acceptors (Lipinski definition) is 4. The van der Waals surface area contributed by atoms with Gasteiger partial charge in [-0.3, -0.25) is 9.59 Å². The van der Waals surface area contributed by atoms with Crippen molar-refractivity contribution in [2.24, 2.45) is 5.92 Å². The Kier molecular flexibility index (Phi) is 4.42. The molecule has 2 aliphatic carbocycles. The van der Waals surface area contributed by atoms with Gasteiger partial charge in [-0.05, 0) is 50.7 Å². The van der Waals surface area contributed by atoms with Crippen molar-refractivity contribution in [3.8, 4) is 0 Å². The van der Waals surface area contributed by atoms with Gasteiger partial charge in [0, 0.05) is 11.9 Å². The van der Waals surface area contributed by atoms with Crippen molar-refractivity contribution in [2.75, 3.05) is 6.54 Å². The van der Waals surface area contributed by atoms with Crippen LogP contribution in [0.3, 0.4) is 0 Å². The minimum Gasteiger partial charge on any atom is -0.356 e. The highest BCUT2D eigenvalue weighted by atomic mass is 16.5. The van der Waals surface area contributed by atoms with E-state index in [9.17, 15) is 9.59 Å². The summed E-state index contributed by atoms with van der Waals surface area (Å²) in [5.41, 5.74) is 0.504. The monoisotopic (exact) mass is 355 g/mol. The molecular formula is C20H25N3O3. The maximum absolute atomic E-state index is 12.9. The molecule has 2 amide bonds. The quantitative estimate of drug-likeness (QED) is 0.834. The number of amides is 2. The van der Waals surface area contributed by atoms with Crippen molar-refractivity contribution in [3.05, 3.63) is 30.0 Å². The molecule has 0 radical (unpaired) electrons. The number of benzene rings is 1. The number of hydrogen-bond donors (Lipinski definition) is 2. The van der Waals surface area contributed by atoms with Crippen LogP contribution < -0.4 is 10.6 Å². The van der Waals surface area contributed by atoms with Gasteiger partial charge in [0.25, 0.3) is 0 Å². The number of aromatic nitrogens is 1. The van der Waals surface area contributed by atoms with Gasteiger partial charge >= 0.3 is 0 Å². The molecule has 0 saturated heterocycles. The number of carbonyl (C=O) groups is 2. The average Bonchev–Trinajstić information content (AvgIpc) is 3.19. The molecule has 0 bridgehead atoms. The fourth-order valence-corrected chi connectivity index (χ4v) is 3.80. The number of fused-ring (bicyclic) bond motifs is 1. The first-order valence-electron chi connectivity index (χ1n) is 9.54. The molecule has 1 aromatic carbocycles. The molecule has 6 nitrogen and oxygen atoms in total. The Labute approximate surface area is 152 Å². The second-order valence-corrected chi connectivity index (χ2v) is 7.72. The molecule has 4 rings (SSSR count). The lowest BCUT2D eigenvalue weighted by Crippen LogP contribution is -2.58. The molecule has 26 heavy (non-hydrogen) atoms. The van der Waals surface area contributed by atoms with Gasteiger partial charge < -0.3 is 15.2 Å². The number of nitrogens with zero attached hydrogens (tertiary/aromatic N) is 1. The maximum Gasteiger partial charge on any atom is 0.245 e. The van der Waals surface area contributed by atoms with Crippen molar-refractivity contribution in [2.45, 2.75) is 56.9 Å². The Morgan fingerprint density at radius 2 is 2.00 bits per heavy atom. The van der Waals surface area contributed by atoms with Gasteiger partial charge in [0.15, 0.2) is 5.58 Å². The highest BCUT2D eigenvalue weighted by Gasteiger charge is 2.43. The lowest BCUT2D eigenvalue weighted by atomic mass is 9.94. The van der Waals surface area contributed by atoms with Crippen LogP contribution in [0.5, 0.6) is 0 Å². The van der Waals surface area contributed by atoms with Crippen LogP contribution in [0.2, 0.25) is 0 Å². The third kappa shape index (κ3) is 3.20. The van der Waals surface area contributed by atoms with E-state index in [4.69, 9.17) is 4.52 Å². The molecule has 1 heterocycles. The third-order valence-electron chi connectivity index (χ3n) is 5.71. The fourth-order valence-electron chi connectivity index (χ4n) is 3.80. The molecule has 0 aliphatic heterocycles. The Bertz CT molecular complexity index is 819. The number of nitrogens with one attached hydrogen (secondary N) is 2. The van der Waals surface area contributed by atoms with Crippen LogP contribution in [0.4, 0.5) is 0 Å². The summed E-state index contributed by atoms with van der Waals surface area (Å²) >= 11 is 0. The summed E-state index contributed by atoms with van der Waals surface area (Å²) in [4.78, 5) is 25.7. The number of para-hydroxylation sites is 1. The van der Waals surface area contributed by atoms with Crippen molar-refractivity contribution in [1.82, 2.24) is 15.8 Å². The second kappa shape index (κ2) is 6.74. The molecule has 2 fully saturated rings. The van der Waals surface area contributed by atoms with E-state index in [1.807, 2.05) is 31.2 Å². The largest absolute Gasteiger partial charge is 0.356 e. The Hall–Kier alpha value is -2.37. The standard InChI is InChI=1S/C20H25N3O3/c1-13(17-15-6-2-3-7-16(15)26-23-17)18(24)22-20(10-4-5-11-20)19(25)21-12-14-8-9-14/h2-3,6-7,13-14H,4-5,8-12H2,1H3,(H,21,25)(H,22,24). The van der Waals surface area contributed by atoms with Gasteiger partial charge in [0.1, 0.15) is 11.2 Å². The highest BCUT2D eigenvalue weighted by Crippen LogP contribution is 2.33. The first-order valence-corrected chi connectivity index (χ1v) is 9.54. The van der Waals surface area contributed by atoms with Gasteiger partial charge in [-0.1, -0.05) is 30.1 Å². The Morgan fingerprint density at radius 3 is 2.73 bits per heavy atom. The van der Waals surface area contributed by atoms with E-state index < -0.39 is 11.5 Å². The van der Waals surface area contributed by atoms with Crippen LogP contribution in [0.15, 0.2) is 28.8 Å². The molecule has 1 atom stereocenters. The summed E-state index contributed by atoms with van der Waals surface area (Å²) in [5.74, 6) is -0.0686. The van der Waals surface area contributed by atoms with Crippen LogP contribution in [-0.4, -0.2) is 29.1 Å².